The molecule has 0 bridgehead atoms. The van der Waals surface area contributed by atoms with Crippen LogP contribution in [-0.4, -0.2) is 18.5 Å². The fourth-order valence-electron chi connectivity index (χ4n) is 1.82. The molecule has 0 amide bonds. The number of benzene rings is 2. The Hall–Kier alpha value is -1.03. The highest BCUT2D eigenvalue weighted by molar-refractivity contribution is 9.09. The first-order valence-corrected chi connectivity index (χ1v) is 7.91. The number of halogens is 2. The van der Waals surface area contributed by atoms with Gasteiger partial charge in [0.25, 0.3) is 0 Å². The summed E-state index contributed by atoms with van der Waals surface area (Å²) in [6.07, 6.45) is -0.0666. The third-order valence-electron chi connectivity index (χ3n) is 2.81. The van der Waals surface area contributed by atoms with Crippen LogP contribution in [0.2, 0.25) is 5.02 Å². The van der Waals surface area contributed by atoms with E-state index in [4.69, 9.17) is 21.1 Å². The van der Waals surface area contributed by atoms with Crippen molar-refractivity contribution >= 4 is 27.5 Å². The zero-order valence-corrected chi connectivity index (χ0v) is 13.3. The van der Waals surface area contributed by atoms with Crippen molar-refractivity contribution in [3.05, 3.63) is 65.2 Å². The van der Waals surface area contributed by atoms with Gasteiger partial charge in [0, 0.05) is 15.9 Å². The maximum atomic E-state index is 6.17. The van der Waals surface area contributed by atoms with Gasteiger partial charge >= 0.3 is 0 Å². The number of para-hydroxylation sites is 1. The van der Waals surface area contributed by atoms with E-state index in [0.29, 0.717) is 18.5 Å². The average Bonchev–Trinajstić information content (AvgIpc) is 2.50. The second-order valence-electron chi connectivity index (χ2n) is 4.20. The summed E-state index contributed by atoms with van der Waals surface area (Å²) in [6.45, 7) is 1.02. The number of hydrogen-bond acceptors (Lipinski definition) is 2. The van der Waals surface area contributed by atoms with E-state index in [9.17, 15) is 0 Å². The largest absolute Gasteiger partial charge is 0.491 e. The van der Waals surface area contributed by atoms with Gasteiger partial charge in [0.2, 0.25) is 0 Å². The molecule has 106 valence electrons. The van der Waals surface area contributed by atoms with Crippen molar-refractivity contribution in [3.63, 3.8) is 0 Å². The van der Waals surface area contributed by atoms with Gasteiger partial charge in [-0.25, -0.2) is 0 Å². The summed E-state index contributed by atoms with van der Waals surface area (Å²) in [7, 11) is 0. The van der Waals surface area contributed by atoms with Crippen molar-refractivity contribution in [2.75, 3.05) is 18.5 Å². The highest BCUT2D eigenvalue weighted by Crippen LogP contribution is 2.26. The fourth-order valence-corrected chi connectivity index (χ4v) is 2.61. The molecule has 1 atom stereocenters. The third kappa shape index (κ3) is 4.51. The molecule has 0 aliphatic rings. The molecule has 2 aromatic rings. The normalized spacial score (nSPS) is 12.1. The lowest BCUT2D eigenvalue weighted by Crippen LogP contribution is -2.12. The zero-order chi connectivity index (χ0) is 14.2. The van der Waals surface area contributed by atoms with Gasteiger partial charge in [-0.3, -0.25) is 0 Å². The monoisotopic (exact) mass is 354 g/mol. The van der Waals surface area contributed by atoms with Crippen molar-refractivity contribution in [3.8, 4) is 5.75 Å². The second-order valence-corrected chi connectivity index (χ2v) is 5.25. The molecule has 0 aliphatic carbocycles. The minimum absolute atomic E-state index is 0.0666. The van der Waals surface area contributed by atoms with E-state index in [1.807, 2.05) is 54.6 Å². The minimum Gasteiger partial charge on any atom is -0.491 e. The molecule has 2 rings (SSSR count). The predicted octanol–water partition coefficient (Wildman–Crippen LogP) is 4.87. The van der Waals surface area contributed by atoms with Gasteiger partial charge < -0.3 is 9.47 Å². The summed E-state index contributed by atoms with van der Waals surface area (Å²) in [4.78, 5) is 0. The Labute approximate surface area is 132 Å². The van der Waals surface area contributed by atoms with E-state index in [-0.39, 0.29) is 6.10 Å². The van der Waals surface area contributed by atoms with Crippen LogP contribution in [0.25, 0.3) is 0 Å². The van der Waals surface area contributed by atoms with Crippen LogP contribution in [0.1, 0.15) is 11.7 Å². The van der Waals surface area contributed by atoms with Gasteiger partial charge in [-0.15, -0.1) is 0 Å². The Morgan fingerprint density at radius 3 is 2.35 bits per heavy atom. The fraction of sp³-hybridized carbons (Fsp3) is 0.250. The van der Waals surface area contributed by atoms with Gasteiger partial charge in [-0.05, 0) is 18.2 Å². The quantitative estimate of drug-likeness (QED) is 0.521. The average molecular weight is 356 g/mol. The Kier molecular flexibility index (Phi) is 6.37. The number of ether oxygens (including phenoxy) is 2. The highest BCUT2D eigenvalue weighted by atomic mass is 79.9. The molecule has 0 fully saturated rings. The smallest absolute Gasteiger partial charge is 0.119 e. The van der Waals surface area contributed by atoms with Gasteiger partial charge in [-0.1, -0.05) is 63.9 Å². The summed E-state index contributed by atoms with van der Waals surface area (Å²) in [5, 5.41) is 1.42. The molecular formula is C16H16BrClO2. The van der Waals surface area contributed by atoms with Crippen LogP contribution in [0.5, 0.6) is 5.75 Å². The lowest BCUT2D eigenvalue weighted by molar-refractivity contribution is 0.0474. The Balaban J connectivity index is 1.81. The molecule has 1 unspecified atom stereocenters. The summed E-state index contributed by atoms with van der Waals surface area (Å²) >= 11 is 9.63. The molecule has 2 nitrogen and oxygen atoms in total. The first kappa shape index (κ1) is 15.4. The molecule has 0 saturated heterocycles. The summed E-state index contributed by atoms with van der Waals surface area (Å²) in [6, 6.07) is 17.4. The van der Waals surface area contributed by atoms with Crippen LogP contribution in [-0.2, 0) is 4.74 Å². The SMILES string of the molecule is Clc1ccccc1C(CBr)OCCOc1ccccc1. The predicted molar refractivity (Wildman–Crippen MR) is 85.9 cm³/mol. The van der Waals surface area contributed by atoms with Crippen molar-refractivity contribution in [1.29, 1.82) is 0 Å². The van der Waals surface area contributed by atoms with Crippen LogP contribution >= 0.6 is 27.5 Å². The van der Waals surface area contributed by atoms with Crippen molar-refractivity contribution < 1.29 is 9.47 Å². The Morgan fingerprint density at radius 1 is 0.950 bits per heavy atom. The van der Waals surface area contributed by atoms with E-state index in [1.165, 1.54) is 0 Å². The molecule has 0 saturated carbocycles. The zero-order valence-electron chi connectivity index (χ0n) is 11.0. The topological polar surface area (TPSA) is 18.5 Å². The summed E-state index contributed by atoms with van der Waals surface area (Å²) in [5.74, 6) is 0.851. The van der Waals surface area contributed by atoms with Crippen molar-refractivity contribution in [2.24, 2.45) is 0 Å². The molecule has 2 aromatic carbocycles. The van der Waals surface area contributed by atoms with E-state index in [2.05, 4.69) is 15.9 Å². The number of rotatable bonds is 7. The van der Waals surface area contributed by atoms with Crippen molar-refractivity contribution in [1.82, 2.24) is 0 Å². The van der Waals surface area contributed by atoms with E-state index >= 15 is 0 Å². The van der Waals surface area contributed by atoms with Crippen molar-refractivity contribution in [2.45, 2.75) is 6.10 Å². The molecule has 0 aromatic heterocycles. The Morgan fingerprint density at radius 2 is 1.65 bits per heavy atom. The van der Waals surface area contributed by atoms with Crippen LogP contribution in [0, 0.1) is 0 Å². The second kappa shape index (κ2) is 8.30. The van der Waals surface area contributed by atoms with E-state index in [1.54, 1.807) is 0 Å². The van der Waals surface area contributed by atoms with Crippen LogP contribution in [0.15, 0.2) is 54.6 Å². The van der Waals surface area contributed by atoms with Gasteiger partial charge in [0.1, 0.15) is 12.4 Å². The van der Waals surface area contributed by atoms with E-state index in [0.717, 1.165) is 16.3 Å². The molecule has 4 heteroatoms. The Bertz CT molecular complexity index is 519. The standard InChI is InChI=1S/C16H16BrClO2/c17-12-16(14-8-4-5-9-15(14)18)20-11-10-19-13-6-2-1-3-7-13/h1-9,16H,10-12H2. The summed E-state index contributed by atoms with van der Waals surface area (Å²) in [5.41, 5.74) is 0.991. The first-order chi connectivity index (χ1) is 9.81. The third-order valence-corrected chi connectivity index (χ3v) is 3.74. The molecule has 20 heavy (non-hydrogen) atoms. The maximum Gasteiger partial charge on any atom is 0.119 e. The first-order valence-electron chi connectivity index (χ1n) is 6.41. The summed E-state index contributed by atoms with van der Waals surface area (Å²) < 4.78 is 11.4. The molecule has 0 aliphatic heterocycles. The maximum absolute atomic E-state index is 6.17. The van der Waals surface area contributed by atoms with Crippen LogP contribution in [0.3, 0.4) is 0 Å². The van der Waals surface area contributed by atoms with E-state index < -0.39 is 0 Å². The number of alkyl halides is 1. The lowest BCUT2D eigenvalue weighted by atomic mass is 10.1. The molecule has 0 spiro atoms. The van der Waals surface area contributed by atoms with Crippen LogP contribution in [0.4, 0.5) is 0 Å². The number of hydrogen-bond donors (Lipinski definition) is 0. The van der Waals surface area contributed by atoms with Gasteiger partial charge in [0.15, 0.2) is 0 Å². The molecule has 0 heterocycles. The molecular weight excluding hydrogens is 340 g/mol. The van der Waals surface area contributed by atoms with Gasteiger partial charge in [0.05, 0.1) is 12.7 Å². The van der Waals surface area contributed by atoms with Gasteiger partial charge in [-0.2, -0.15) is 0 Å². The minimum atomic E-state index is -0.0666. The van der Waals surface area contributed by atoms with Crippen LogP contribution < -0.4 is 4.74 Å². The molecule has 0 radical (unpaired) electrons. The highest BCUT2D eigenvalue weighted by Gasteiger charge is 2.13. The lowest BCUT2D eigenvalue weighted by Gasteiger charge is -2.17. The molecule has 0 N–H and O–H groups in total.